The first-order valence-electron chi connectivity index (χ1n) is 16.3. The zero-order valence-corrected chi connectivity index (χ0v) is 29.8. The average molecular weight is 721 g/mol. The number of pyridine rings is 1. The van der Waals surface area contributed by atoms with Gasteiger partial charge in [-0.05, 0) is 91.3 Å². The number of likely N-dealkylation sites (N-methyl/N-ethyl adjacent to an activating group) is 1. The summed E-state index contributed by atoms with van der Waals surface area (Å²) in [5.41, 5.74) is 5.34. The van der Waals surface area contributed by atoms with Crippen molar-refractivity contribution >= 4 is 73.6 Å². The van der Waals surface area contributed by atoms with Crippen LogP contribution in [-0.4, -0.2) is 106 Å². The van der Waals surface area contributed by atoms with E-state index in [4.69, 9.17) is 14.7 Å². The van der Waals surface area contributed by atoms with E-state index in [0.717, 1.165) is 96.1 Å². The zero-order chi connectivity index (χ0) is 32.5. The summed E-state index contributed by atoms with van der Waals surface area (Å²) in [6.07, 6.45) is 9.96. The fourth-order valence-corrected chi connectivity index (χ4v) is 7.81. The predicted molar refractivity (Wildman–Crippen MR) is 195 cm³/mol. The number of halogens is 1. The van der Waals surface area contributed by atoms with E-state index < -0.39 is 0 Å². The lowest BCUT2D eigenvalue weighted by molar-refractivity contribution is 0.0981. The summed E-state index contributed by atoms with van der Waals surface area (Å²) >= 11 is 5.48. The van der Waals surface area contributed by atoms with Gasteiger partial charge in [0.2, 0.25) is 11.8 Å². The van der Waals surface area contributed by atoms with Crippen molar-refractivity contribution in [3.8, 4) is 5.88 Å². The monoisotopic (exact) mass is 719 g/mol. The third-order valence-corrected chi connectivity index (χ3v) is 11.0. The SMILES string of the molecule is COc1nc(N2CCC(N3CCN(C)CC3)CC2)c(C)cc1Nc1ncc(Br)c(Nc2ccc3nccnc3c2N(C)SC2CC2)n1. The minimum Gasteiger partial charge on any atom is -0.479 e. The molecule has 14 heteroatoms. The summed E-state index contributed by atoms with van der Waals surface area (Å²) < 4.78 is 8.72. The van der Waals surface area contributed by atoms with Crippen molar-refractivity contribution in [2.45, 2.75) is 43.9 Å². The van der Waals surface area contributed by atoms with Crippen LogP contribution in [0.5, 0.6) is 5.88 Å². The summed E-state index contributed by atoms with van der Waals surface area (Å²) in [6, 6.07) is 6.74. The number of rotatable bonds is 10. The summed E-state index contributed by atoms with van der Waals surface area (Å²) in [5, 5.41) is 7.53. The van der Waals surface area contributed by atoms with Crippen LogP contribution in [0.1, 0.15) is 31.2 Å². The zero-order valence-electron chi connectivity index (χ0n) is 27.4. The Kier molecular flexibility index (Phi) is 9.53. The highest BCUT2D eigenvalue weighted by molar-refractivity contribution is 9.10. The van der Waals surface area contributed by atoms with E-state index in [1.807, 2.05) is 24.1 Å². The number of methoxy groups -OCH3 is 1. The van der Waals surface area contributed by atoms with Crippen molar-refractivity contribution in [1.29, 1.82) is 0 Å². The summed E-state index contributed by atoms with van der Waals surface area (Å²) in [6.45, 7) is 8.72. The van der Waals surface area contributed by atoms with E-state index in [-0.39, 0.29) is 0 Å². The Morgan fingerprint density at radius 2 is 1.70 bits per heavy atom. The van der Waals surface area contributed by atoms with Crippen molar-refractivity contribution < 1.29 is 4.74 Å². The summed E-state index contributed by atoms with van der Waals surface area (Å²) in [4.78, 5) is 31.1. The molecule has 0 unspecified atom stereocenters. The number of fused-ring (bicyclic) bond motifs is 1. The average Bonchev–Trinajstić information content (AvgIpc) is 3.91. The van der Waals surface area contributed by atoms with Gasteiger partial charge in [0, 0.05) is 76.2 Å². The standard InChI is InChI=1S/C33H42BrN11OS/c1-21-19-27(32(46-4)41-31(21)45-13-9-22(10-14-45)44-17-15-42(2)16-18-44)39-33-37-20-24(34)30(40-33)38-26-8-7-25-28(36-12-11-35-25)29(26)43(3)47-23-5-6-23/h7-8,11-12,19-20,22-23H,5-6,9-10,13-18H2,1-4H3,(H2,37,38,39,40). The molecular formula is C33H42BrN11OS. The van der Waals surface area contributed by atoms with Crippen LogP contribution >= 0.6 is 27.9 Å². The molecule has 47 heavy (non-hydrogen) atoms. The Bertz CT molecular complexity index is 1720. The molecule has 3 aromatic heterocycles. The number of piperidine rings is 1. The molecule has 12 nitrogen and oxygen atoms in total. The van der Waals surface area contributed by atoms with Gasteiger partial charge >= 0.3 is 0 Å². The van der Waals surface area contributed by atoms with Gasteiger partial charge in [-0.2, -0.15) is 9.97 Å². The van der Waals surface area contributed by atoms with E-state index in [0.29, 0.717) is 28.9 Å². The van der Waals surface area contributed by atoms with Gasteiger partial charge in [0.25, 0.3) is 0 Å². The van der Waals surface area contributed by atoms with Crippen LogP contribution in [-0.2, 0) is 0 Å². The number of piperazine rings is 1. The largest absolute Gasteiger partial charge is 0.479 e. The number of ether oxygens (including phenoxy) is 1. The van der Waals surface area contributed by atoms with Gasteiger partial charge in [-0.1, -0.05) is 0 Å². The summed E-state index contributed by atoms with van der Waals surface area (Å²) in [5.74, 6) is 2.55. The lowest BCUT2D eigenvalue weighted by Gasteiger charge is -2.42. The number of aryl methyl sites for hydroxylation is 1. The topological polar surface area (TPSA) is 111 Å². The smallest absolute Gasteiger partial charge is 0.239 e. The Hall–Kier alpha value is -3.46. The van der Waals surface area contributed by atoms with Gasteiger partial charge in [0.15, 0.2) is 0 Å². The molecule has 3 aliphatic rings. The van der Waals surface area contributed by atoms with Gasteiger partial charge in [-0.3, -0.25) is 14.9 Å². The number of anilines is 6. The molecule has 5 heterocycles. The van der Waals surface area contributed by atoms with Crippen LogP contribution in [0.15, 0.2) is 41.3 Å². The molecule has 2 N–H and O–H groups in total. The molecule has 0 atom stereocenters. The first kappa shape index (κ1) is 32.1. The van der Waals surface area contributed by atoms with Crippen LogP contribution < -0.4 is 24.6 Å². The molecule has 2 saturated heterocycles. The van der Waals surface area contributed by atoms with Crippen molar-refractivity contribution in [2.24, 2.45) is 0 Å². The highest BCUT2D eigenvalue weighted by Crippen LogP contribution is 2.43. The van der Waals surface area contributed by atoms with Gasteiger partial charge in [0.1, 0.15) is 22.8 Å². The van der Waals surface area contributed by atoms with Crippen molar-refractivity contribution in [3.63, 3.8) is 0 Å². The van der Waals surface area contributed by atoms with E-state index in [1.54, 1.807) is 25.7 Å². The Labute approximate surface area is 289 Å². The number of aromatic nitrogens is 5. The maximum absolute atomic E-state index is 5.79. The molecule has 3 fully saturated rings. The molecule has 2 aliphatic heterocycles. The number of hydrogen-bond donors (Lipinski definition) is 2. The molecule has 4 aromatic rings. The maximum Gasteiger partial charge on any atom is 0.239 e. The van der Waals surface area contributed by atoms with Crippen molar-refractivity contribution in [3.05, 3.63) is 46.8 Å². The number of nitrogens with one attached hydrogen (secondary N) is 2. The molecule has 1 aromatic carbocycles. The number of hydrogen-bond acceptors (Lipinski definition) is 13. The quantitative estimate of drug-likeness (QED) is 0.192. The molecule has 0 amide bonds. The van der Waals surface area contributed by atoms with Crippen molar-refractivity contribution in [1.82, 2.24) is 34.7 Å². The third kappa shape index (κ3) is 7.20. The second kappa shape index (κ2) is 14.0. The molecule has 0 spiro atoms. The molecule has 1 saturated carbocycles. The Morgan fingerprint density at radius 3 is 2.45 bits per heavy atom. The number of nitrogens with zero attached hydrogens (tertiary/aromatic N) is 9. The summed E-state index contributed by atoms with van der Waals surface area (Å²) in [7, 11) is 5.95. The van der Waals surface area contributed by atoms with E-state index >= 15 is 0 Å². The fraction of sp³-hybridized carbons (Fsp3) is 0.485. The lowest BCUT2D eigenvalue weighted by atomic mass is 10.0. The van der Waals surface area contributed by atoms with Crippen molar-refractivity contribution in [2.75, 3.05) is 80.3 Å². The second-order valence-electron chi connectivity index (χ2n) is 12.6. The highest BCUT2D eigenvalue weighted by atomic mass is 79.9. The molecule has 0 radical (unpaired) electrons. The lowest BCUT2D eigenvalue weighted by Crippen LogP contribution is -2.52. The molecule has 248 valence electrons. The maximum atomic E-state index is 5.79. The normalized spacial score (nSPS) is 18.0. The molecule has 7 rings (SSSR count). The van der Waals surface area contributed by atoms with Gasteiger partial charge in [-0.15, -0.1) is 0 Å². The number of benzene rings is 1. The minimum atomic E-state index is 0.429. The Balaban J connectivity index is 1.09. The first-order chi connectivity index (χ1) is 22.9. The van der Waals surface area contributed by atoms with Crippen LogP contribution in [0, 0.1) is 6.92 Å². The third-order valence-electron chi connectivity index (χ3n) is 9.17. The van der Waals surface area contributed by atoms with Crippen LogP contribution in [0.3, 0.4) is 0 Å². The van der Waals surface area contributed by atoms with Gasteiger partial charge < -0.3 is 29.5 Å². The van der Waals surface area contributed by atoms with Crippen LogP contribution in [0.25, 0.3) is 11.0 Å². The van der Waals surface area contributed by atoms with Crippen LogP contribution in [0.4, 0.5) is 34.6 Å². The molecular weight excluding hydrogens is 678 g/mol. The Morgan fingerprint density at radius 1 is 0.936 bits per heavy atom. The molecule has 1 aliphatic carbocycles. The van der Waals surface area contributed by atoms with Crippen LogP contribution in [0.2, 0.25) is 0 Å². The van der Waals surface area contributed by atoms with Gasteiger partial charge in [-0.25, -0.2) is 4.98 Å². The van der Waals surface area contributed by atoms with Gasteiger partial charge in [0.05, 0.1) is 28.5 Å². The second-order valence-corrected chi connectivity index (χ2v) is 14.9. The fourth-order valence-electron chi connectivity index (χ4n) is 6.44. The van der Waals surface area contributed by atoms with E-state index in [2.05, 4.69) is 87.6 Å². The molecule has 0 bridgehead atoms. The first-order valence-corrected chi connectivity index (χ1v) is 17.9. The van der Waals surface area contributed by atoms with E-state index in [9.17, 15) is 0 Å². The van der Waals surface area contributed by atoms with E-state index in [1.165, 1.54) is 12.8 Å². The predicted octanol–water partition coefficient (Wildman–Crippen LogP) is 5.84. The highest BCUT2D eigenvalue weighted by Gasteiger charge is 2.29. The minimum absolute atomic E-state index is 0.429.